The van der Waals surface area contributed by atoms with E-state index < -0.39 is 0 Å². The van der Waals surface area contributed by atoms with Gasteiger partial charge in [-0.15, -0.1) is 0 Å². The van der Waals surface area contributed by atoms with Crippen LogP contribution in [0.25, 0.3) is 0 Å². The Bertz CT molecular complexity index is 642. The van der Waals surface area contributed by atoms with Crippen LogP contribution in [-0.2, 0) is 11.2 Å². The van der Waals surface area contributed by atoms with Gasteiger partial charge in [0.05, 0.1) is 13.2 Å². The molecule has 6 heteroatoms. The lowest BCUT2D eigenvalue weighted by Crippen LogP contribution is -2.48. The first-order valence-electron chi connectivity index (χ1n) is 7.82. The van der Waals surface area contributed by atoms with Gasteiger partial charge in [0.2, 0.25) is 5.91 Å². The van der Waals surface area contributed by atoms with Crippen molar-refractivity contribution in [3.8, 4) is 5.88 Å². The summed E-state index contributed by atoms with van der Waals surface area (Å²) in [4.78, 5) is 14.6. The second-order valence-electron chi connectivity index (χ2n) is 5.55. The first kappa shape index (κ1) is 15.6. The van der Waals surface area contributed by atoms with E-state index in [4.69, 9.17) is 9.26 Å². The first-order chi connectivity index (χ1) is 11.3. The number of methoxy groups -OCH3 is 1. The van der Waals surface area contributed by atoms with Crippen LogP contribution in [-0.4, -0.2) is 42.7 Å². The van der Waals surface area contributed by atoms with Crippen molar-refractivity contribution in [3.63, 3.8) is 0 Å². The molecule has 1 fully saturated rings. The Morgan fingerprint density at radius 3 is 3.00 bits per heavy atom. The smallest absolute Gasteiger partial charge is 0.254 e. The lowest BCUT2D eigenvalue weighted by Gasteiger charge is -2.36. The van der Waals surface area contributed by atoms with E-state index in [1.54, 1.807) is 6.07 Å². The molecule has 1 atom stereocenters. The number of hydrogen-bond acceptors (Lipinski definition) is 5. The molecule has 122 valence electrons. The van der Waals surface area contributed by atoms with E-state index in [1.165, 1.54) is 7.11 Å². The molecule has 6 nitrogen and oxygen atoms in total. The zero-order chi connectivity index (χ0) is 16.1. The lowest BCUT2D eigenvalue weighted by molar-refractivity contribution is -0.134. The summed E-state index contributed by atoms with van der Waals surface area (Å²) < 4.78 is 10.1. The number of hydrogen-bond donors (Lipinski definition) is 1. The number of ether oxygens (including phenoxy) is 1. The number of aryl methyl sites for hydroxylation is 1. The van der Waals surface area contributed by atoms with Gasteiger partial charge in [0.15, 0.2) is 0 Å². The molecule has 23 heavy (non-hydrogen) atoms. The number of piperazine rings is 1. The number of nitrogens with zero attached hydrogens (tertiary/aromatic N) is 2. The van der Waals surface area contributed by atoms with E-state index in [0.29, 0.717) is 24.5 Å². The fourth-order valence-corrected chi connectivity index (χ4v) is 2.86. The van der Waals surface area contributed by atoms with Crippen LogP contribution in [0.2, 0.25) is 0 Å². The molecule has 1 saturated heterocycles. The standard InChI is InChI=1S/C17H21N3O3/c1-22-16-11-14(23-19-16)7-8-17(21)20-10-9-18-12-15(20)13-5-3-2-4-6-13/h2-6,11,15,18H,7-10,12H2,1H3. The molecule has 0 bridgehead atoms. The predicted molar refractivity (Wildman–Crippen MR) is 85.1 cm³/mol. The molecule has 1 unspecified atom stereocenters. The van der Waals surface area contributed by atoms with Crippen molar-refractivity contribution < 1.29 is 14.1 Å². The lowest BCUT2D eigenvalue weighted by atomic mass is 10.0. The highest BCUT2D eigenvalue weighted by Crippen LogP contribution is 2.23. The third-order valence-corrected chi connectivity index (χ3v) is 4.08. The minimum Gasteiger partial charge on any atom is -0.479 e. The van der Waals surface area contributed by atoms with Gasteiger partial charge in [-0.2, -0.15) is 0 Å². The SMILES string of the molecule is COc1cc(CCC(=O)N2CCNCC2c2ccccc2)on1. The van der Waals surface area contributed by atoms with E-state index >= 15 is 0 Å². The Morgan fingerprint density at radius 1 is 1.43 bits per heavy atom. The molecule has 1 aromatic carbocycles. The van der Waals surface area contributed by atoms with Crippen molar-refractivity contribution >= 4 is 5.91 Å². The van der Waals surface area contributed by atoms with E-state index in [1.807, 2.05) is 23.1 Å². The molecule has 0 radical (unpaired) electrons. The average Bonchev–Trinajstić information content (AvgIpc) is 3.08. The van der Waals surface area contributed by atoms with Gasteiger partial charge in [-0.05, 0) is 10.7 Å². The molecule has 2 heterocycles. The van der Waals surface area contributed by atoms with E-state index in [-0.39, 0.29) is 11.9 Å². The molecule has 1 aliphatic heterocycles. The van der Waals surface area contributed by atoms with Gasteiger partial charge in [-0.1, -0.05) is 30.3 Å². The van der Waals surface area contributed by atoms with Gasteiger partial charge in [-0.25, -0.2) is 0 Å². The molecular weight excluding hydrogens is 294 g/mol. The molecule has 3 rings (SSSR count). The zero-order valence-corrected chi connectivity index (χ0v) is 13.2. The summed E-state index contributed by atoms with van der Waals surface area (Å²) in [5, 5.41) is 7.12. The van der Waals surface area contributed by atoms with Gasteiger partial charge in [0.25, 0.3) is 5.88 Å². The summed E-state index contributed by atoms with van der Waals surface area (Å²) in [5.74, 6) is 1.24. The van der Waals surface area contributed by atoms with Crippen molar-refractivity contribution in [3.05, 3.63) is 47.7 Å². The quantitative estimate of drug-likeness (QED) is 0.911. The summed E-state index contributed by atoms with van der Waals surface area (Å²) >= 11 is 0. The molecule has 1 amide bonds. The number of aromatic nitrogens is 1. The topological polar surface area (TPSA) is 67.6 Å². The van der Waals surface area contributed by atoms with Crippen molar-refractivity contribution in [2.45, 2.75) is 18.9 Å². The number of benzene rings is 1. The zero-order valence-electron chi connectivity index (χ0n) is 13.2. The van der Waals surface area contributed by atoms with Crippen molar-refractivity contribution in [1.82, 2.24) is 15.4 Å². The maximum absolute atomic E-state index is 12.6. The van der Waals surface area contributed by atoms with E-state index in [9.17, 15) is 4.79 Å². The average molecular weight is 315 g/mol. The molecule has 0 spiro atoms. The third kappa shape index (κ3) is 3.71. The van der Waals surface area contributed by atoms with Crippen LogP contribution >= 0.6 is 0 Å². The van der Waals surface area contributed by atoms with Crippen LogP contribution in [0.5, 0.6) is 5.88 Å². The maximum Gasteiger partial charge on any atom is 0.254 e. The van der Waals surface area contributed by atoms with E-state index in [2.05, 4.69) is 22.6 Å². The van der Waals surface area contributed by atoms with Crippen molar-refractivity contribution in [1.29, 1.82) is 0 Å². The third-order valence-electron chi connectivity index (χ3n) is 4.08. The highest BCUT2D eigenvalue weighted by atomic mass is 16.5. The van der Waals surface area contributed by atoms with Crippen LogP contribution in [0.15, 0.2) is 40.9 Å². The Morgan fingerprint density at radius 2 is 2.26 bits per heavy atom. The molecule has 1 aliphatic rings. The summed E-state index contributed by atoms with van der Waals surface area (Å²) in [6.45, 7) is 2.33. The number of nitrogens with one attached hydrogen (secondary N) is 1. The minimum absolute atomic E-state index is 0.0849. The summed E-state index contributed by atoms with van der Waals surface area (Å²) in [5.41, 5.74) is 1.16. The second-order valence-corrected chi connectivity index (χ2v) is 5.55. The monoisotopic (exact) mass is 315 g/mol. The molecule has 0 aliphatic carbocycles. The molecule has 1 N–H and O–H groups in total. The van der Waals surface area contributed by atoms with Gasteiger partial charge < -0.3 is 19.5 Å². The molecular formula is C17H21N3O3. The highest BCUT2D eigenvalue weighted by molar-refractivity contribution is 5.77. The normalized spacial score (nSPS) is 18.0. The number of amides is 1. The number of rotatable bonds is 5. The molecule has 1 aromatic heterocycles. The van der Waals surface area contributed by atoms with Crippen LogP contribution in [0.1, 0.15) is 23.8 Å². The van der Waals surface area contributed by atoms with Gasteiger partial charge in [0.1, 0.15) is 5.76 Å². The second kappa shape index (κ2) is 7.28. The first-order valence-corrected chi connectivity index (χ1v) is 7.82. The van der Waals surface area contributed by atoms with Crippen LogP contribution < -0.4 is 10.1 Å². The van der Waals surface area contributed by atoms with Gasteiger partial charge in [0, 0.05) is 38.5 Å². The molecule has 2 aromatic rings. The minimum atomic E-state index is 0.0849. The van der Waals surface area contributed by atoms with Gasteiger partial charge >= 0.3 is 0 Å². The molecule has 0 saturated carbocycles. The van der Waals surface area contributed by atoms with Crippen LogP contribution in [0, 0.1) is 0 Å². The summed E-state index contributed by atoms with van der Waals surface area (Å²) in [6.07, 6.45) is 0.933. The maximum atomic E-state index is 12.6. The Hall–Kier alpha value is -2.34. The summed E-state index contributed by atoms with van der Waals surface area (Å²) in [6, 6.07) is 11.9. The predicted octanol–water partition coefficient (Wildman–Crippen LogP) is 1.79. The Kier molecular flexibility index (Phi) is 4.92. The summed E-state index contributed by atoms with van der Waals surface area (Å²) in [7, 11) is 1.54. The largest absolute Gasteiger partial charge is 0.479 e. The van der Waals surface area contributed by atoms with Crippen molar-refractivity contribution in [2.75, 3.05) is 26.7 Å². The van der Waals surface area contributed by atoms with E-state index in [0.717, 1.165) is 25.2 Å². The highest BCUT2D eigenvalue weighted by Gasteiger charge is 2.27. The Labute approximate surface area is 135 Å². The van der Waals surface area contributed by atoms with Crippen molar-refractivity contribution in [2.24, 2.45) is 0 Å². The van der Waals surface area contributed by atoms with Crippen LogP contribution in [0.3, 0.4) is 0 Å². The van der Waals surface area contributed by atoms with Crippen LogP contribution in [0.4, 0.5) is 0 Å². The number of carbonyl (C=O) groups excluding carboxylic acids is 1. The van der Waals surface area contributed by atoms with Gasteiger partial charge in [-0.3, -0.25) is 4.79 Å². The Balaban J connectivity index is 1.64. The number of carbonyl (C=O) groups is 1. The fourth-order valence-electron chi connectivity index (χ4n) is 2.86. The fraction of sp³-hybridized carbons (Fsp3) is 0.412.